The lowest BCUT2D eigenvalue weighted by atomic mass is 10.1. The van der Waals surface area contributed by atoms with Gasteiger partial charge in [0.25, 0.3) is 10.1 Å². The zero-order valence-electron chi connectivity index (χ0n) is 11.6. The molecule has 0 aliphatic carbocycles. The van der Waals surface area contributed by atoms with Crippen LogP contribution in [0.1, 0.15) is 5.69 Å². The van der Waals surface area contributed by atoms with Gasteiger partial charge in [0.1, 0.15) is 4.90 Å². The third kappa shape index (κ3) is 3.37. The summed E-state index contributed by atoms with van der Waals surface area (Å²) in [6.07, 6.45) is 1.85. The Morgan fingerprint density at radius 3 is 2.62 bits per heavy atom. The van der Waals surface area contributed by atoms with Gasteiger partial charge in [0.15, 0.2) is 5.16 Å². The zero-order valence-corrected chi connectivity index (χ0v) is 14.0. The summed E-state index contributed by atoms with van der Waals surface area (Å²) < 4.78 is 28.7. The van der Waals surface area contributed by atoms with Gasteiger partial charge in [0.2, 0.25) is 0 Å². The van der Waals surface area contributed by atoms with Crippen LogP contribution in [0.15, 0.2) is 34.3 Å². The maximum atomic E-state index is 12.1. The summed E-state index contributed by atoms with van der Waals surface area (Å²) in [5, 5.41) is 0.837. The zero-order chi connectivity index (χ0) is 15.6. The molecule has 5 nitrogen and oxygen atoms in total. The second-order valence-electron chi connectivity index (χ2n) is 4.12. The molecule has 112 valence electrons. The van der Waals surface area contributed by atoms with Gasteiger partial charge in [0, 0.05) is 11.3 Å². The average molecular weight is 345 g/mol. The monoisotopic (exact) mass is 344 g/mol. The fraction of sp³-hybridized carbons (Fsp3) is 0.231. The molecule has 0 bridgehead atoms. The fourth-order valence-corrected chi connectivity index (χ4v) is 3.45. The molecule has 0 saturated carbocycles. The van der Waals surface area contributed by atoms with E-state index in [0.29, 0.717) is 21.4 Å². The normalized spacial score (nSPS) is 11.6. The van der Waals surface area contributed by atoms with E-state index in [-0.39, 0.29) is 4.90 Å². The van der Waals surface area contributed by atoms with Gasteiger partial charge in [0.05, 0.1) is 17.8 Å². The summed E-state index contributed by atoms with van der Waals surface area (Å²) in [4.78, 5) is 8.58. The Bertz CT molecular complexity index is 779. The fourth-order valence-electron chi connectivity index (χ4n) is 1.81. The minimum atomic E-state index is -3.88. The predicted molar refractivity (Wildman–Crippen MR) is 83.2 cm³/mol. The Kier molecular flexibility index (Phi) is 4.88. The van der Waals surface area contributed by atoms with Crippen LogP contribution in [0.3, 0.4) is 0 Å². The highest BCUT2D eigenvalue weighted by Gasteiger charge is 2.22. The van der Waals surface area contributed by atoms with Crippen molar-refractivity contribution in [3.05, 3.63) is 35.0 Å². The Balaban J connectivity index is 2.78. The van der Waals surface area contributed by atoms with Crippen LogP contribution in [-0.2, 0) is 14.3 Å². The van der Waals surface area contributed by atoms with Crippen LogP contribution in [-0.4, -0.2) is 31.8 Å². The first-order valence-electron chi connectivity index (χ1n) is 5.88. The molecule has 8 heteroatoms. The SMILES string of the molecule is COS(=O)(=O)c1cccc(Cl)c1-c1cc(C)nc(SC)n1. The van der Waals surface area contributed by atoms with Gasteiger partial charge in [-0.15, -0.1) is 0 Å². The number of hydrogen-bond donors (Lipinski definition) is 0. The summed E-state index contributed by atoms with van der Waals surface area (Å²) in [7, 11) is -2.77. The number of aryl methyl sites for hydroxylation is 1. The average Bonchev–Trinajstić information content (AvgIpc) is 2.46. The van der Waals surface area contributed by atoms with Gasteiger partial charge in [-0.3, -0.25) is 4.18 Å². The minimum Gasteiger partial charge on any atom is -0.270 e. The molecule has 1 aromatic carbocycles. The summed E-state index contributed by atoms with van der Waals surface area (Å²) in [6, 6.07) is 6.30. The molecule has 21 heavy (non-hydrogen) atoms. The van der Waals surface area contributed by atoms with E-state index in [2.05, 4.69) is 14.2 Å². The number of hydrogen-bond acceptors (Lipinski definition) is 6. The van der Waals surface area contributed by atoms with Crippen molar-refractivity contribution in [1.29, 1.82) is 0 Å². The molecule has 0 amide bonds. The first-order chi connectivity index (χ1) is 9.89. The number of thioether (sulfide) groups is 1. The number of rotatable bonds is 4. The van der Waals surface area contributed by atoms with E-state index in [4.69, 9.17) is 11.6 Å². The summed E-state index contributed by atoms with van der Waals surface area (Å²) in [6.45, 7) is 1.81. The summed E-state index contributed by atoms with van der Waals surface area (Å²) in [5.74, 6) is 0. The lowest BCUT2D eigenvalue weighted by Crippen LogP contribution is -2.06. The molecular formula is C13H13ClN2O3S2. The summed E-state index contributed by atoms with van der Waals surface area (Å²) >= 11 is 7.56. The molecule has 1 aromatic heterocycles. The number of halogens is 1. The number of aromatic nitrogens is 2. The highest BCUT2D eigenvalue weighted by atomic mass is 35.5. The van der Waals surface area contributed by atoms with Crippen molar-refractivity contribution in [2.24, 2.45) is 0 Å². The van der Waals surface area contributed by atoms with Crippen molar-refractivity contribution in [3.63, 3.8) is 0 Å². The molecule has 2 aromatic rings. The second kappa shape index (κ2) is 6.31. The molecule has 2 rings (SSSR count). The van der Waals surface area contributed by atoms with E-state index in [1.807, 2.05) is 13.2 Å². The molecule has 0 aliphatic rings. The predicted octanol–water partition coefficient (Wildman–Crippen LogP) is 3.16. The number of nitrogens with zero attached hydrogens (tertiary/aromatic N) is 2. The molecule has 0 atom stereocenters. The third-order valence-electron chi connectivity index (χ3n) is 2.74. The molecule has 0 spiro atoms. The maximum absolute atomic E-state index is 12.1. The van der Waals surface area contributed by atoms with Crippen molar-refractivity contribution in [3.8, 4) is 11.3 Å². The van der Waals surface area contributed by atoms with Crippen LogP contribution >= 0.6 is 23.4 Å². The molecule has 0 fully saturated rings. The van der Waals surface area contributed by atoms with Crippen molar-refractivity contribution < 1.29 is 12.6 Å². The van der Waals surface area contributed by atoms with Crippen LogP contribution < -0.4 is 0 Å². The Hall–Kier alpha value is -1.15. The number of benzene rings is 1. The van der Waals surface area contributed by atoms with Gasteiger partial charge >= 0.3 is 0 Å². The van der Waals surface area contributed by atoms with Gasteiger partial charge < -0.3 is 0 Å². The minimum absolute atomic E-state index is 0.0114. The molecule has 0 radical (unpaired) electrons. The first kappa shape index (κ1) is 16.2. The standard InChI is InChI=1S/C13H13ClN2O3S2/c1-8-7-10(16-13(15-8)20-3)12-9(14)5-4-6-11(12)21(17,18)19-2/h4-7H,1-3H3. The molecule has 1 heterocycles. The Labute approximate surface area is 132 Å². The highest BCUT2D eigenvalue weighted by molar-refractivity contribution is 7.98. The molecular weight excluding hydrogens is 332 g/mol. The Morgan fingerprint density at radius 2 is 2.00 bits per heavy atom. The van der Waals surface area contributed by atoms with E-state index in [1.165, 1.54) is 17.8 Å². The maximum Gasteiger partial charge on any atom is 0.297 e. The van der Waals surface area contributed by atoms with Crippen LogP contribution in [0, 0.1) is 6.92 Å². The lowest BCUT2D eigenvalue weighted by Gasteiger charge is -2.11. The van der Waals surface area contributed by atoms with Crippen LogP contribution in [0.5, 0.6) is 0 Å². The van der Waals surface area contributed by atoms with Gasteiger partial charge in [-0.25, -0.2) is 9.97 Å². The Morgan fingerprint density at radius 1 is 1.29 bits per heavy atom. The molecule has 0 saturated heterocycles. The highest BCUT2D eigenvalue weighted by Crippen LogP contribution is 2.34. The van der Waals surface area contributed by atoms with E-state index < -0.39 is 10.1 Å². The van der Waals surface area contributed by atoms with Crippen molar-refractivity contribution in [2.45, 2.75) is 17.0 Å². The molecule has 0 aliphatic heterocycles. The lowest BCUT2D eigenvalue weighted by molar-refractivity contribution is 0.398. The van der Waals surface area contributed by atoms with Crippen LogP contribution in [0.25, 0.3) is 11.3 Å². The van der Waals surface area contributed by atoms with Crippen LogP contribution in [0.4, 0.5) is 0 Å². The first-order valence-corrected chi connectivity index (χ1v) is 8.89. The van der Waals surface area contributed by atoms with Gasteiger partial charge in [-0.1, -0.05) is 29.4 Å². The van der Waals surface area contributed by atoms with Gasteiger partial charge in [-0.05, 0) is 31.4 Å². The molecule has 0 N–H and O–H groups in total. The summed E-state index contributed by atoms with van der Waals surface area (Å²) in [5.41, 5.74) is 1.50. The topological polar surface area (TPSA) is 69.2 Å². The smallest absolute Gasteiger partial charge is 0.270 e. The second-order valence-corrected chi connectivity index (χ2v) is 6.98. The van der Waals surface area contributed by atoms with E-state index in [0.717, 1.165) is 12.8 Å². The molecule has 0 unspecified atom stereocenters. The van der Waals surface area contributed by atoms with E-state index in [9.17, 15) is 8.42 Å². The third-order valence-corrected chi connectivity index (χ3v) is 4.92. The van der Waals surface area contributed by atoms with E-state index >= 15 is 0 Å². The van der Waals surface area contributed by atoms with Crippen LogP contribution in [0.2, 0.25) is 5.02 Å². The van der Waals surface area contributed by atoms with Gasteiger partial charge in [-0.2, -0.15) is 8.42 Å². The quantitative estimate of drug-likeness (QED) is 0.482. The largest absolute Gasteiger partial charge is 0.297 e. The van der Waals surface area contributed by atoms with Crippen molar-refractivity contribution >= 4 is 33.5 Å². The van der Waals surface area contributed by atoms with E-state index in [1.54, 1.807) is 18.2 Å². The van der Waals surface area contributed by atoms with Crippen molar-refractivity contribution in [2.75, 3.05) is 13.4 Å². The van der Waals surface area contributed by atoms with Crippen molar-refractivity contribution in [1.82, 2.24) is 9.97 Å².